The van der Waals surface area contributed by atoms with Gasteiger partial charge in [0.1, 0.15) is 0 Å². The predicted octanol–water partition coefficient (Wildman–Crippen LogP) is 4.36. The maximum atomic E-state index is 4.75. The Balaban J connectivity index is 1.82. The van der Waals surface area contributed by atoms with Crippen molar-refractivity contribution in [2.75, 3.05) is 0 Å². The van der Waals surface area contributed by atoms with Crippen LogP contribution < -0.4 is 5.32 Å². The maximum absolute atomic E-state index is 4.75. The summed E-state index contributed by atoms with van der Waals surface area (Å²) in [6.45, 7) is 6.07. The molecule has 2 aromatic heterocycles. The summed E-state index contributed by atoms with van der Waals surface area (Å²) < 4.78 is 2.08. The molecule has 4 heteroatoms. The Morgan fingerprint density at radius 1 is 1.19 bits per heavy atom. The number of nitrogens with one attached hydrogen (secondary N) is 1. The molecule has 0 saturated carbocycles. The molecule has 3 nitrogen and oxygen atoms in total. The van der Waals surface area contributed by atoms with E-state index in [0.717, 1.165) is 25.2 Å². The zero-order valence-electron chi connectivity index (χ0n) is 12.5. The first-order valence-corrected chi connectivity index (χ1v) is 8.42. The van der Waals surface area contributed by atoms with Crippen LogP contribution >= 0.6 is 11.3 Å². The Hall–Kier alpha value is -1.65. The topological polar surface area (TPSA) is 29.9 Å². The highest BCUT2D eigenvalue weighted by Gasteiger charge is 2.13. The van der Waals surface area contributed by atoms with Crippen LogP contribution in [0.3, 0.4) is 0 Å². The quantitative estimate of drug-likeness (QED) is 0.733. The lowest BCUT2D eigenvalue weighted by molar-refractivity contribution is 0.517. The van der Waals surface area contributed by atoms with Gasteiger partial charge in [-0.05, 0) is 30.9 Å². The van der Waals surface area contributed by atoms with Gasteiger partial charge in [-0.2, -0.15) is 5.10 Å². The number of hydrogen-bond acceptors (Lipinski definition) is 3. The van der Waals surface area contributed by atoms with Crippen molar-refractivity contribution in [1.82, 2.24) is 15.1 Å². The van der Waals surface area contributed by atoms with Gasteiger partial charge in [-0.3, -0.25) is 4.68 Å². The van der Waals surface area contributed by atoms with Gasteiger partial charge < -0.3 is 5.32 Å². The van der Waals surface area contributed by atoms with Crippen molar-refractivity contribution in [2.24, 2.45) is 0 Å². The Labute approximate surface area is 129 Å². The second-order valence-electron chi connectivity index (χ2n) is 5.14. The van der Waals surface area contributed by atoms with E-state index < -0.39 is 0 Å². The van der Waals surface area contributed by atoms with E-state index in [4.69, 9.17) is 5.10 Å². The summed E-state index contributed by atoms with van der Waals surface area (Å²) in [7, 11) is 0. The Bertz CT molecular complexity index is 700. The number of aromatic nitrogens is 2. The van der Waals surface area contributed by atoms with Gasteiger partial charge >= 0.3 is 0 Å². The first-order valence-electron chi connectivity index (χ1n) is 7.54. The van der Waals surface area contributed by atoms with E-state index in [-0.39, 0.29) is 0 Å². The van der Waals surface area contributed by atoms with Crippen molar-refractivity contribution in [3.63, 3.8) is 0 Å². The number of rotatable bonds is 6. The second-order valence-corrected chi connectivity index (χ2v) is 6.12. The highest BCUT2D eigenvalue weighted by molar-refractivity contribution is 7.10. The van der Waals surface area contributed by atoms with Crippen LogP contribution in [0, 0.1) is 0 Å². The van der Waals surface area contributed by atoms with Gasteiger partial charge in [-0.15, -0.1) is 11.3 Å². The molecule has 0 aliphatic rings. The van der Waals surface area contributed by atoms with Crippen LogP contribution in [0.15, 0.2) is 41.8 Å². The average Bonchev–Trinajstić information content (AvgIpc) is 3.16. The van der Waals surface area contributed by atoms with E-state index in [2.05, 4.69) is 65.6 Å². The van der Waals surface area contributed by atoms with Crippen LogP contribution in [-0.2, 0) is 13.1 Å². The van der Waals surface area contributed by atoms with Crippen molar-refractivity contribution in [3.8, 4) is 0 Å². The van der Waals surface area contributed by atoms with Gasteiger partial charge in [-0.1, -0.05) is 31.2 Å². The zero-order chi connectivity index (χ0) is 14.7. The standard InChI is InChI=1S/C17H21N3S/c1-3-14(17-10-7-11-21-17)18-12-15-13-8-5-6-9-16(13)20(4-2)19-15/h5-11,14,18H,3-4,12H2,1-2H3. The molecule has 0 aliphatic carbocycles. The Morgan fingerprint density at radius 2 is 2.05 bits per heavy atom. The second kappa shape index (κ2) is 6.41. The van der Waals surface area contributed by atoms with Gasteiger partial charge in [0.15, 0.2) is 0 Å². The molecule has 0 saturated heterocycles. The minimum Gasteiger partial charge on any atom is -0.303 e. The SMILES string of the molecule is CCC(NCc1nn(CC)c2ccccc12)c1cccs1. The molecular formula is C17H21N3S. The van der Waals surface area contributed by atoms with Crippen molar-refractivity contribution < 1.29 is 0 Å². The summed E-state index contributed by atoms with van der Waals surface area (Å²) in [6, 6.07) is 13.2. The first-order chi connectivity index (χ1) is 10.3. The molecular weight excluding hydrogens is 278 g/mol. The normalized spacial score (nSPS) is 12.9. The first kappa shape index (κ1) is 14.3. The fourth-order valence-electron chi connectivity index (χ4n) is 2.72. The Kier molecular flexibility index (Phi) is 4.36. The van der Waals surface area contributed by atoms with E-state index in [1.165, 1.54) is 15.8 Å². The summed E-state index contributed by atoms with van der Waals surface area (Å²) in [5, 5.41) is 11.8. The van der Waals surface area contributed by atoms with Gasteiger partial charge in [0, 0.05) is 29.4 Å². The third-order valence-electron chi connectivity index (χ3n) is 3.84. The van der Waals surface area contributed by atoms with Crippen LogP contribution in [0.5, 0.6) is 0 Å². The van der Waals surface area contributed by atoms with Gasteiger partial charge in [0.2, 0.25) is 0 Å². The largest absolute Gasteiger partial charge is 0.303 e. The average molecular weight is 299 g/mol. The van der Waals surface area contributed by atoms with Crippen molar-refractivity contribution >= 4 is 22.2 Å². The van der Waals surface area contributed by atoms with Crippen LogP contribution in [0.25, 0.3) is 10.9 Å². The third kappa shape index (κ3) is 2.87. The summed E-state index contributed by atoms with van der Waals surface area (Å²) >= 11 is 1.82. The monoisotopic (exact) mass is 299 g/mol. The molecule has 1 aromatic carbocycles. The molecule has 1 N–H and O–H groups in total. The molecule has 0 bridgehead atoms. The van der Waals surface area contributed by atoms with E-state index in [1.54, 1.807) is 0 Å². The van der Waals surface area contributed by atoms with Crippen molar-refractivity contribution in [3.05, 3.63) is 52.3 Å². The fourth-order valence-corrected chi connectivity index (χ4v) is 3.61. The van der Waals surface area contributed by atoms with Gasteiger partial charge in [-0.25, -0.2) is 0 Å². The summed E-state index contributed by atoms with van der Waals surface area (Å²) in [4.78, 5) is 1.40. The summed E-state index contributed by atoms with van der Waals surface area (Å²) in [6.07, 6.45) is 1.09. The van der Waals surface area contributed by atoms with Gasteiger partial charge in [0.25, 0.3) is 0 Å². The predicted molar refractivity (Wildman–Crippen MR) is 89.6 cm³/mol. The van der Waals surface area contributed by atoms with Crippen LogP contribution in [0.1, 0.15) is 36.9 Å². The van der Waals surface area contributed by atoms with Gasteiger partial charge in [0.05, 0.1) is 11.2 Å². The molecule has 21 heavy (non-hydrogen) atoms. The van der Waals surface area contributed by atoms with Crippen molar-refractivity contribution in [1.29, 1.82) is 0 Å². The maximum Gasteiger partial charge on any atom is 0.0841 e. The lowest BCUT2D eigenvalue weighted by Crippen LogP contribution is -2.19. The van der Waals surface area contributed by atoms with E-state index in [9.17, 15) is 0 Å². The molecule has 0 aliphatic heterocycles. The molecule has 0 amide bonds. The number of nitrogens with zero attached hydrogens (tertiary/aromatic N) is 2. The van der Waals surface area contributed by atoms with E-state index >= 15 is 0 Å². The number of aryl methyl sites for hydroxylation is 1. The van der Waals surface area contributed by atoms with E-state index in [1.807, 2.05) is 11.3 Å². The number of hydrogen-bond donors (Lipinski definition) is 1. The summed E-state index contributed by atoms with van der Waals surface area (Å²) in [5.41, 5.74) is 2.36. The molecule has 0 fully saturated rings. The number of fused-ring (bicyclic) bond motifs is 1. The smallest absolute Gasteiger partial charge is 0.0841 e. The third-order valence-corrected chi connectivity index (χ3v) is 4.83. The minimum atomic E-state index is 0.413. The minimum absolute atomic E-state index is 0.413. The molecule has 1 unspecified atom stereocenters. The van der Waals surface area contributed by atoms with E-state index in [0.29, 0.717) is 6.04 Å². The number of para-hydroxylation sites is 1. The van der Waals surface area contributed by atoms with Crippen LogP contribution in [0.2, 0.25) is 0 Å². The van der Waals surface area contributed by atoms with Crippen LogP contribution in [0.4, 0.5) is 0 Å². The molecule has 3 rings (SSSR count). The van der Waals surface area contributed by atoms with Crippen molar-refractivity contribution in [2.45, 2.75) is 39.4 Å². The lowest BCUT2D eigenvalue weighted by Gasteiger charge is -2.14. The fraction of sp³-hybridized carbons (Fsp3) is 0.353. The highest BCUT2D eigenvalue weighted by Crippen LogP contribution is 2.23. The highest BCUT2D eigenvalue weighted by atomic mass is 32.1. The number of thiophene rings is 1. The number of benzene rings is 1. The molecule has 3 aromatic rings. The molecule has 110 valence electrons. The van der Waals surface area contributed by atoms with Crippen LogP contribution in [-0.4, -0.2) is 9.78 Å². The molecule has 1 atom stereocenters. The Morgan fingerprint density at radius 3 is 2.76 bits per heavy atom. The molecule has 2 heterocycles. The molecule has 0 spiro atoms. The zero-order valence-corrected chi connectivity index (χ0v) is 13.4. The summed E-state index contributed by atoms with van der Waals surface area (Å²) in [5.74, 6) is 0. The lowest BCUT2D eigenvalue weighted by atomic mass is 10.1. The molecule has 0 radical (unpaired) electrons.